The molecule has 0 radical (unpaired) electrons. The molecular weight excluding hydrogens is 803 g/mol. The molecule has 3 aliphatic rings. The summed E-state index contributed by atoms with van der Waals surface area (Å²) in [6.45, 7) is 9.86. The number of nitrogens with zero attached hydrogens (tertiary/aromatic N) is 1. The zero-order chi connectivity index (χ0) is 43.7. The predicted octanol–water partition coefficient (Wildman–Crippen LogP) is 17.6. The Balaban J connectivity index is 1.19. The van der Waals surface area contributed by atoms with Gasteiger partial charge in [-0.3, -0.25) is 0 Å². The molecule has 1 aromatic heterocycles. The van der Waals surface area contributed by atoms with Gasteiger partial charge in [-0.2, -0.15) is 0 Å². The number of hydrogen-bond acceptors (Lipinski definition) is 2. The van der Waals surface area contributed by atoms with Crippen LogP contribution in [0.5, 0.6) is 0 Å². The first-order chi connectivity index (χ1) is 31.7. The third kappa shape index (κ3) is 5.44. The highest BCUT2D eigenvalue weighted by Gasteiger charge is 2.52. The van der Waals surface area contributed by atoms with Crippen molar-refractivity contribution in [2.75, 3.05) is 4.90 Å². The van der Waals surface area contributed by atoms with E-state index in [0.29, 0.717) is 0 Å². The zero-order valence-corrected chi connectivity index (χ0v) is 38.1. The van der Waals surface area contributed by atoms with E-state index in [1.807, 2.05) is 11.3 Å². The van der Waals surface area contributed by atoms with E-state index in [-0.39, 0.29) is 10.8 Å². The second-order valence-corrected chi connectivity index (χ2v) is 20.9. The van der Waals surface area contributed by atoms with Gasteiger partial charge in [0.05, 0.1) is 21.5 Å². The topological polar surface area (TPSA) is 3.24 Å². The number of fused-ring (bicyclic) bond motifs is 14. The standard InChI is InChI=1S/C63H49NS/c1-61(2)36-37-62(3,4)59-47(24-16-29-54(59)61)50-38-49-45-22-10-14-28-53(45)63(51-26-12-8-20-43(51)44-21-9-13-27-52(44)63)55(49)39-57(50)64(42-34-32-41(33-35-42)40-18-6-5-7-19-40)56-30-17-25-48-46-23-11-15-31-58(46)65-60(48)56/h5-35,38-39H,36-37H2,1-4H3. The first-order valence-electron chi connectivity index (χ1n) is 23.2. The van der Waals surface area contributed by atoms with Crippen LogP contribution in [0.25, 0.3) is 64.7 Å². The molecule has 0 aliphatic heterocycles. The predicted molar refractivity (Wildman–Crippen MR) is 276 cm³/mol. The van der Waals surface area contributed by atoms with Crippen molar-refractivity contribution in [3.8, 4) is 44.5 Å². The Morgan fingerprint density at radius 1 is 0.385 bits per heavy atom. The fraction of sp³-hybridized carbons (Fsp3) is 0.143. The van der Waals surface area contributed by atoms with Crippen LogP contribution in [-0.4, -0.2) is 0 Å². The van der Waals surface area contributed by atoms with Crippen LogP contribution in [-0.2, 0) is 16.2 Å². The van der Waals surface area contributed by atoms with Gasteiger partial charge in [-0.15, -0.1) is 11.3 Å². The average molecular weight is 852 g/mol. The van der Waals surface area contributed by atoms with E-state index in [9.17, 15) is 0 Å². The van der Waals surface area contributed by atoms with Gasteiger partial charge in [-0.1, -0.05) is 191 Å². The smallest absolute Gasteiger partial charge is 0.0726 e. The largest absolute Gasteiger partial charge is 0.308 e. The van der Waals surface area contributed by atoms with Gasteiger partial charge in [0, 0.05) is 26.7 Å². The molecule has 312 valence electrons. The van der Waals surface area contributed by atoms with Crippen molar-refractivity contribution in [1.29, 1.82) is 0 Å². The van der Waals surface area contributed by atoms with Crippen molar-refractivity contribution >= 4 is 48.6 Å². The molecule has 0 N–H and O–H groups in total. The van der Waals surface area contributed by atoms with Crippen LogP contribution in [0.2, 0.25) is 0 Å². The molecule has 0 saturated carbocycles. The van der Waals surface area contributed by atoms with E-state index < -0.39 is 5.41 Å². The van der Waals surface area contributed by atoms with Gasteiger partial charge < -0.3 is 4.90 Å². The fourth-order valence-electron chi connectivity index (χ4n) is 12.2. The summed E-state index contributed by atoms with van der Waals surface area (Å²) in [6, 6.07) is 76.0. The van der Waals surface area contributed by atoms with Crippen LogP contribution in [0.4, 0.5) is 17.1 Å². The van der Waals surface area contributed by atoms with Gasteiger partial charge in [0.15, 0.2) is 0 Å². The molecule has 65 heavy (non-hydrogen) atoms. The Kier molecular flexibility index (Phi) is 8.28. The number of thiophene rings is 1. The SMILES string of the molecule is CC1(C)CCC(C)(C)c2c(-c3cc4c(cc3N(c3ccc(-c5ccccc5)cc3)c3cccc5c3sc3ccccc35)C3(c5ccccc5-c5ccccc53)c3ccccc3-4)cccc21. The summed E-state index contributed by atoms with van der Waals surface area (Å²) >= 11 is 1.90. The molecule has 10 aromatic rings. The Morgan fingerprint density at radius 2 is 0.923 bits per heavy atom. The molecule has 3 aliphatic carbocycles. The maximum atomic E-state index is 2.63. The zero-order valence-electron chi connectivity index (χ0n) is 37.3. The molecule has 0 unspecified atom stereocenters. The van der Waals surface area contributed by atoms with Gasteiger partial charge >= 0.3 is 0 Å². The monoisotopic (exact) mass is 851 g/mol. The van der Waals surface area contributed by atoms with E-state index in [4.69, 9.17) is 0 Å². The highest BCUT2D eigenvalue weighted by Crippen LogP contribution is 2.65. The third-order valence-electron chi connectivity index (χ3n) is 15.3. The van der Waals surface area contributed by atoms with Crippen molar-refractivity contribution in [3.05, 3.63) is 234 Å². The number of benzene rings is 9. The summed E-state index contributed by atoms with van der Waals surface area (Å²) in [7, 11) is 0. The Hall–Kier alpha value is -7.00. The molecule has 13 rings (SSSR count). The Bertz CT molecular complexity index is 3500. The van der Waals surface area contributed by atoms with Crippen molar-refractivity contribution < 1.29 is 0 Å². The molecule has 0 saturated heterocycles. The molecule has 0 fully saturated rings. The van der Waals surface area contributed by atoms with E-state index in [1.165, 1.54) is 109 Å². The van der Waals surface area contributed by atoms with E-state index in [0.717, 1.165) is 18.5 Å². The second kappa shape index (κ2) is 14.0. The normalized spacial score (nSPS) is 15.6. The Morgan fingerprint density at radius 3 is 1.63 bits per heavy atom. The van der Waals surface area contributed by atoms with Gasteiger partial charge in [0.2, 0.25) is 0 Å². The molecule has 0 atom stereocenters. The van der Waals surface area contributed by atoms with Gasteiger partial charge in [-0.05, 0) is 132 Å². The van der Waals surface area contributed by atoms with Crippen LogP contribution in [0.1, 0.15) is 73.9 Å². The first kappa shape index (κ1) is 38.5. The molecule has 2 heteroatoms. The maximum Gasteiger partial charge on any atom is 0.0726 e. The molecule has 1 nitrogen and oxygen atoms in total. The lowest BCUT2D eigenvalue weighted by Gasteiger charge is -2.43. The highest BCUT2D eigenvalue weighted by molar-refractivity contribution is 7.26. The van der Waals surface area contributed by atoms with Gasteiger partial charge in [-0.25, -0.2) is 0 Å². The molecule has 1 heterocycles. The minimum Gasteiger partial charge on any atom is -0.308 e. The maximum absolute atomic E-state index is 2.63. The molecule has 0 bridgehead atoms. The minimum atomic E-state index is -0.490. The summed E-state index contributed by atoms with van der Waals surface area (Å²) < 4.78 is 2.59. The average Bonchev–Trinajstić information content (AvgIpc) is 3.98. The molecule has 0 amide bonds. The van der Waals surface area contributed by atoms with E-state index in [2.05, 4.69) is 233 Å². The summed E-state index contributed by atoms with van der Waals surface area (Å²) in [6.07, 6.45) is 2.30. The lowest BCUT2D eigenvalue weighted by atomic mass is 9.61. The summed E-state index contributed by atoms with van der Waals surface area (Å²) in [4.78, 5) is 2.62. The van der Waals surface area contributed by atoms with Crippen LogP contribution >= 0.6 is 11.3 Å². The second-order valence-electron chi connectivity index (χ2n) is 19.8. The number of rotatable bonds is 5. The summed E-state index contributed by atoms with van der Waals surface area (Å²) in [5.41, 5.74) is 21.7. The lowest BCUT2D eigenvalue weighted by molar-refractivity contribution is 0.333. The molecular formula is C63H49NS. The van der Waals surface area contributed by atoms with Crippen LogP contribution < -0.4 is 4.90 Å². The van der Waals surface area contributed by atoms with Crippen LogP contribution in [0.3, 0.4) is 0 Å². The van der Waals surface area contributed by atoms with E-state index in [1.54, 1.807) is 0 Å². The van der Waals surface area contributed by atoms with Crippen molar-refractivity contribution in [3.63, 3.8) is 0 Å². The van der Waals surface area contributed by atoms with E-state index >= 15 is 0 Å². The molecule has 1 spiro atoms. The van der Waals surface area contributed by atoms with Crippen molar-refractivity contribution in [1.82, 2.24) is 0 Å². The number of hydrogen-bond donors (Lipinski definition) is 0. The fourth-order valence-corrected chi connectivity index (χ4v) is 13.4. The van der Waals surface area contributed by atoms with Crippen molar-refractivity contribution in [2.45, 2.75) is 56.8 Å². The first-order valence-corrected chi connectivity index (χ1v) is 24.0. The minimum absolute atomic E-state index is 0.0200. The van der Waals surface area contributed by atoms with Gasteiger partial charge in [0.1, 0.15) is 0 Å². The van der Waals surface area contributed by atoms with Crippen LogP contribution in [0.15, 0.2) is 200 Å². The summed E-state index contributed by atoms with van der Waals surface area (Å²) in [5, 5.41) is 2.59. The van der Waals surface area contributed by atoms with Gasteiger partial charge in [0.25, 0.3) is 0 Å². The summed E-state index contributed by atoms with van der Waals surface area (Å²) in [5.74, 6) is 0. The lowest BCUT2D eigenvalue weighted by Crippen LogP contribution is -2.34. The molecule has 9 aromatic carbocycles. The van der Waals surface area contributed by atoms with Crippen LogP contribution in [0, 0.1) is 0 Å². The van der Waals surface area contributed by atoms with Crippen molar-refractivity contribution in [2.24, 2.45) is 0 Å². The Labute approximate surface area is 386 Å². The quantitative estimate of drug-likeness (QED) is 0.167. The number of anilines is 3. The third-order valence-corrected chi connectivity index (χ3v) is 16.6. The highest BCUT2D eigenvalue weighted by atomic mass is 32.1.